The molecule has 265 valence electrons. The molecule has 2 aromatic carbocycles. The van der Waals surface area contributed by atoms with Gasteiger partial charge in [0, 0.05) is 12.1 Å². The minimum absolute atomic E-state index is 0. The van der Waals surface area contributed by atoms with Crippen LogP contribution in [0, 0.1) is 20.2 Å². The van der Waals surface area contributed by atoms with Gasteiger partial charge in [0.2, 0.25) is 31.7 Å². The maximum Gasteiger partial charge on any atom is 0.298 e. The first kappa shape index (κ1) is 37.3. The van der Waals surface area contributed by atoms with E-state index in [1.54, 1.807) is 52.4 Å². The molecule has 3 aliphatic rings. The van der Waals surface area contributed by atoms with E-state index in [9.17, 15) is 20.2 Å². The van der Waals surface area contributed by atoms with Crippen molar-refractivity contribution < 1.29 is 58.2 Å². The number of nitrogens with zero attached hydrogens (tertiary/aromatic N) is 8. The van der Waals surface area contributed by atoms with Crippen molar-refractivity contribution in [3.8, 4) is 0 Å². The maximum absolute atomic E-state index is 11.7. The predicted molar refractivity (Wildman–Crippen MR) is 173 cm³/mol. The quantitative estimate of drug-likeness (QED) is 0.0650. The summed E-state index contributed by atoms with van der Waals surface area (Å²) in [6, 6.07) is 13.1. The van der Waals surface area contributed by atoms with Gasteiger partial charge >= 0.3 is 0 Å². The Kier molecular flexibility index (Phi) is 13.3. The fourth-order valence-corrected chi connectivity index (χ4v) is 5.62. The largest absolute Gasteiger partial charge is 1.00 e. The van der Waals surface area contributed by atoms with Crippen molar-refractivity contribution in [2.24, 2.45) is 0 Å². The smallest absolute Gasteiger partial charge is 0.298 e. The van der Waals surface area contributed by atoms with Crippen LogP contribution in [0.4, 0.5) is 22.7 Å². The number of unbranched alkanes of at least 4 members (excludes halogenated alkanes) is 1. The Morgan fingerprint density at radius 3 is 1.96 bits per heavy atom. The SMILES string of the molecule is O=[N+]([O-])c1ccccc1N(CCN1C=C[N+]=C1CCCC[n+]1ccn(CCN(C2=COCO2)c2ccccc2[N+](=O)[O-])c1)C1=COCO1.[Cl-].[Cl-]. The van der Waals surface area contributed by atoms with Gasteiger partial charge in [-0.3, -0.25) is 20.2 Å². The molecule has 0 saturated carbocycles. The third-order valence-electron chi connectivity index (χ3n) is 7.95. The summed E-state index contributed by atoms with van der Waals surface area (Å²) < 4.78 is 25.8. The Bertz CT molecular complexity index is 1760. The number of hydrogen-bond acceptors (Lipinski definition) is 12. The van der Waals surface area contributed by atoms with Crippen LogP contribution in [0.5, 0.6) is 0 Å². The Labute approximate surface area is 300 Å². The molecule has 0 aliphatic carbocycles. The fourth-order valence-electron chi connectivity index (χ4n) is 5.62. The van der Waals surface area contributed by atoms with Gasteiger partial charge in [0.15, 0.2) is 6.20 Å². The van der Waals surface area contributed by atoms with Gasteiger partial charge < -0.3 is 53.6 Å². The first-order chi connectivity index (χ1) is 23.5. The third kappa shape index (κ3) is 8.95. The van der Waals surface area contributed by atoms with Crippen molar-refractivity contribution in [2.45, 2.75) is 32.4 Å². The van der Waals surface area contributed by atoms with Crippen LogP contribution >= 0.6 is 0 Å². The molecule has 0 fully saturated rings. The van der Waals surface area contributed by atoms with E-state index in [1.807, 2.05) is 29.5 Å². The normalized spacial score (nSPS) is 14.2. The number of halogens is 2. The molecular weight excluding hydrogens is 695 g/mol. The summed E-state index contributed by atoms with van der Waals surface area (Å²) in [5.74, 6) is 1.77. The summed E-state index contributed by atoms with van der Waals surface area (Å²) >= 11 is 0. The molecule has 1 aromatic heterocycles. The third-order valence-corrected chi connectivity index (χ3v) is 7.95. The standard InChI is InChI=1S/C32H35N8O8.2ClH/c41-39(42)28-9-3-1-7-26(28)37(31-21-45-24-47-31)19-17-35-16-15-34(23-35)13-6-5-11-30-33-12-14-36(30)18-20-38(32-22-46-25-48-32)27-8-2-4-10-29(27)40(43)44;;/h1-4,7-10,12,14-16,21-23H,5-6,11,13,17-20,24-25H2;2*1H/q+2;;/p-2. The van der Waals surface area contributed by atoms with Gasteiger partial charge in [-0.25, -0.2) is 14.0 Å². The molecule has 0 unspecified atom stereocenters. The van der Waals surface area contributed by atoms with Crippen molar-refractivity contribution in [2.75, 3.05) is 43.0 Å². The van der Waals surface area contributed by atoms with Crippen molar-refractivity contribution in [1.82, 2.24) is 14.5 Å². The molecule has 1 radical (unpaired) electrons. The van der Waals surface area contributed by atoms with Gasteiger partial charge in [-0.05, 0) is 25.0 Å². The summed E-state index contributed by atoms with van der Waals surface area (Å²) in [6.45, 7) is 2.88. The van der Waals surface area contributed by atoms with Crippen LogP contribution in [0.3, 0.4) is 0 Å². The van der Waals surface area contributed by atoms with Gasteiger partial charge in [0.25, 0.3) is 17.2 Å². The average Bonchev–Trinajstić information content (AvgIpc) is 3.93. The number of para-hydroxylation sites is 4. The monoisotopic (exact) mass is 729 g/mol. The number of aromatic nitrogens is 2. The molecule has 6 rings (SSSR count). The van der Waals surface area contributed by atoms with Crippen LogP contribution < -0.4 is 44.2 Å². The molecule has 4 heterocycles. The number of ether oxygens (including phenoxy) is 4. The molecule has 0 saturated heterocycles. The second-order valence-corrected chi connectivity index (χ2v) is 10.9. The van der Waals surface area contributed by atoms with Crippen molar-refractivity contribution >= 4 is 28.6 Å². The number of amidine groups is 1. The van der Waals surface area contributed by atoms with E-state index in [1.165, 1.54) is 24.7 Å². The molecule has 50 heavy (non-hydrogen) atoms. The van der Waals surface area contributed by atoms with Crippen molar-refractivity contribution in [1.29, 1.82) is 0 Å². The molecule has 0 bridgehead atoms. The zero-order chi connectivity index (χ0) is 33.3. The first-order valence-corrected chi connectivity index (χ1v) is 15.4. The van der Waals surface area contributed by atoms with Gasteiger partial charge in [-0.2, -0.15) is 0 Å². The lowest BCUT2D eigenvalue weighted by Crippen LogP contribution is -3.00. The average molecular weight is 731 g/mol. The van der Waals surface area contributed by atoms with Gasteiger partial charge in [0.05, 0.1) is 35.9 Å². The van der Waals surface area contributed by atoms with Gasteiger partial charge in [-0.15, -0.1) is 0 Å². The number of aryl methyl sites for hydroxylation is 1. The Balaban J connectivity index is 0.00000281. The van der Waals surface area contributed by atoms with E-state index >= 15 is 0 Å². The number of benzene rings is 2. The zero-order valence-corrected chi connectivity index (χ0v) is 28.3. The number of imidazole rings is 1. The van der Waals surface area contributed by atoms with Crippen LogP contribution in [0.1, 0.15) is 19.3 Å². The van der Waals surface area contributed by atoms with Crippen LogP contribution in [-0.4, -0.2) is 58.4 Å². The molecule has 0 atom stereocenters. The van der Waals surface area contributed by atoms with Crippen LogP contribution in [0.15, 0.2) is 104 Å². The first-order valence-electron chi connectivity index (χ1n) is 15.4. The molecule has 3 aliphatic heterocycles. The van der Waals surface area contributed by atoms with Crippen LogP contribution in [0.25, 0.3) is 0 Å². The Hall–Kier alpha value is -5.48. The molecular formula is C32H35Cl2N8O8. The number of hydrogen-bond donors (Lipinski definition) is 0. The lowest BCUT2D eigenvalue weighted by molar-refractivity contribution is -0.696. The number of nitro groups is 2. The summed E-state index contributed by atoms with van der Waals surface area (Å²) in [5.41, 5.74) is 0.837. The number of nitro benzene ring substituents is 2. The van der Waals surface area contributed by atoms with E-state index in [0.717, 1.165) is 31.6 Å². The number of aliphatic imine (C=N–C) groups is 1. The van der Waals surface area contributed by atoms with Gasteiger partial charge in [0.1, 0.15) is 55.6 Å². The fraction of sp³-hybridized carbons (Fsp3) is 0.312. The lowest BCUT2D eigenvalue weighted by Gasteiger charge is -2.24. The Morgan fingerprint density at radius 2 is 1.40 bits per heavy atom. The molecule has 0 spiro atoms. The second kappa shape index (κ2) is 17.8. The van der Waals surface area contributed by atoms with Crippen molar-refractivity contribution in [3.63, 3.8) is 0 Å². The van der Waals surface area contributed by atoms with Gasteiger partial charge in [-0.1, -0.05) is 29.3 Å². The maximum atomic E-state index is 11.7. The molecule has 0 N–H and O–H groups in total. The van der Waals surface area contributed by atoms with E-state index in [2.05, 4.69) is 14.5 Å². The van der Waals surface area contributed by atoms with E-state index < -0.39 is 9.85 Å². The van der Waals surface area contributed by atoms with E-state index in [-0.39, 0.29) is 49.8 Å². The molecule has 3 aromatic rings. The molecule has 0 amide bonds. The number of rotatable bonds is 17. The molecule has 18 heteroatoms. The summed E-state index contributed by atoms with van der Waals surface area (Å²) in [4.78, 5) is 32.7. The Morgan fingerprint density at radius 1 is 0.820 bits per heavy atom. The summed E-state index contributed by atoms with van der Waals surface area (Å²) in [6.07, 6.45) is 15.2. The highest BCUT2D eigenvalue weighted by Crippen LogP contribution is 2.33. The lowest BCUT2D eigenvalue weighted by atomic mass is 10.2. The highest BCUT2D eigenvalue weighted by Gasteiger charge is 2.29. The summed E-state index contributed by atoms with van der Waals surface area (Å²) in [7, 11) is 0. The highest BCUT2D eigenvalue weighted by molar-refractivity contribution is 5.84. The number of anilines is 2. The minimum atomic E-state index is -0.403. The predicted octanol–water partition coefficient (Wildman–Crippen LogP) is -2.09. The topological polar surface area (TPSA) is 156 Å². The van der Waals surface area contributed by atoms with E-state index in [4.69, 9.17) is 18.9 Å². The van der Waals surface area contributed by atoms with Crippen molar-refractivity contribution in [3.05, 3.63) is 124 Å². The molecule has 16 nitrogen and oxygen atoms in total. The van der Waals surface area contributed by atoms with Crippen LogP contribution in [0.2, 0.25) is 0 Å². The summed E-state index contributed by atoms with van der Waals surface area (Å²) in [5, 5.41) is 23.4. The van der Waals surface area contributed by atoms with Crippen LogP contribution in [-0.2, 0) is 32.0 Å². The van der Waals surface area contributed by atoms with E-state index in [0.29, 0.717) is 49.3 Å². The minimum Gasteiger partial charge on any atom is -1.00 e. The highest BCUT2D eigenvalue weighted by atomic mass is 35.5. The second-order valence-electron chi connectivity index (χ2n) is 10.9. The zero-order valence-electron chi connectivity index (χ0n) is 26.8.